The molecule has 16 heavy (non-hydrogen) atoms. The summed E-state index contributed by atoms with van der Waals surface area (Å²) >= 11 is 0. The molecular formula is C13H19NO2. The molecule has 1 fully saturated rings. The first-order valence-corrected chi connectivity index (χ1v) is 5.89. The van der Waals surface area contributed by atoms with Gasteiger partial charge in [0.1, 0.15) is 0 Å². The third-order valence-electron chi connectivity index (χ3n) is 3.26. The minimum atomic E-state index is -0.280. The lowest BCUT2D eigenvalue weighted by atomic mass is 9.87. The van der Waals surface area contributed by atoms with Crippen molar-refractivity contribution in [3.05, 3.63) is 35.4 Å². The Kier molecular flexibility index (Phi) is 3.93. The van der Waals surface area contributed by atoms with Gasteiger partial charge in [-0.1, -0.05) is 24.3 Å². The van der Waals surface area contributed by atoms with E-state index in [-0.39, 0.29) is 18.6 Å². The van der Waals surface area contributed by atoms with Gasteiger partial charge in [0.05, 0.1) is 6.10 Å². The molecule has 88 valence electrons. The highest BCUT2D eigenvalue weighted by Gasteiger charge is 2.23. The lowest BCUT2D eigenvalue weighted by Crippen LogP contribution is -2.39. The summed E-state index contributed by atoms with van der Waals surface area (Å²) in [6, 6.07) is 8.23. The second-order valence-electron chi connectivity index (χ2n) is 4.38. The van der Waals surface area contributed by atoms with Gasteiger partial charge in [0.15, 0.2) is 0 Å². The highest BCUT2D eigenvalue weighted by molar-refractivity contribution is 5.27. The number of nitrogens with one attached hydrogen (secondary N) is 1. The van der Waals surface area contributed by atoms with Crippen LogP contribution in [0, 0.1) is 0 Å². The molecule has 0 aliphatic carbocycles. The fourth-order valence-corrected chi connectivity index (χ4v) is 2.29. The summed E-state index contributed by atoms with van der Waals surface area (Å²) < 4.78 is 0. The van der Waals surface area contributed by atoms with Crippen LogP contribution < -0.4 is 5.32 Å². The molecule has 1 aromatic carbocycles. The second-order valence-corrected chi connectivity index (χ2v) is 4.38. The molecule has 1 heterocycles. The first kappa shape index (κ1) is 11.6. The maximum absolute atomic E-state index is 9.89. The summed E-state index contributed by atoms with van der Waals surface area (Å²) in [5.41, 5.74) is 2.35. The summed E-state index contributed by atoms with van der Waals surface area (Å²) in [6.07, 6.45) is 1.41. The Labute approximate surface area is 96.1 Å². The van der Waals surface area contributed by atoms with E-state index in [4.69, 9.17) is 5.11 Å². The summed E-state index contributed by atoms with van der Waals surface area (Å²) in [6.45, 7) is 1.85. The average Bonchev–Trinajstić information content (AvgIpc) is 2.31. The van der Waals surface area contributed by atoms with Gasteiger partial charge in [0, 0.05) is 19.1 Å². The molecule has 2 atom stereocenters. The molecule has 1 saturated heterocycles. The summed E-state index contributed by atoms with van der Waals surface area (Å²) in [4.78, 5) is 0. The average molecular weight is 221 g/mol. The van der Waals surface area contributed by atoms with Crippen molar-refractivity contribution in [1.29, 1.82) is 0 Å². The van der Waals surface area contributed by atoms with E-state index in [1.807, 2.05) is 12.1 Å². The number of hydrogen-bond donors (Lipinski definition) is 3. The van der Waals surface area contributed by atoms with Gasteiger partial charge in [-0.15, -0.1) is 0 Å². The van der Waals surface area contributed by atoms with Crippen LogP contribution in [0.1, 0.15) is 23.5 Å². The lowest BCUT2D eigenvalue weighted by Gasteiger charge is -2.28. The Balaban J connectivity index is 2.08. The fraction of sp³-hybridized carbons (Fsp3) is 0.538. The third kappa shape index (κ3) is 2.61. The molecule has 0 aromatic heterocycles. The molecule has 3 nitrogen and oxygen atoms in total. The van der Waals surface area contributed by atoms with E-state index in [9.17, 15) is 5.11 Å². The van der Waals surface area contributed by atoms with Crippen molar-refractivity contribution in [1.82, 2.24) is 5.32 Å². The molecule has 1 aliphatic rings. The van der Waals surface area contributed by atoms with E-state index in [0.29, 0.717) is 13.0 Å². The van der Waals surface area contributed by atoms with Crippen molar-refractivity contribution in [3.63, 3.8) is 0 Å². The molecule has 0 spiro atoms. The van der Waals surface area contributed by atoms with Crippen molar-refractivity contribution in [2.45, 2.75) is 24.9 Å². The van der Waals surface area contributed by atoms with Crippen LogP contribution in [0.15, 0.2) is 24.3 Å². The molecule has 0 radical (unpaired) electrons. The van der Waals surface area contributed by atoms with Gasteiger partial charge in [-0.2, -0.15) is 0 Å². The van der Waals surface area contributed by atoms with Gasteiger partial charge >= 0.3 is 0 Å². The summed E-state index contributed by atoms with van der Waals surface area (Å²) in [5, 5.41) is 21.9. The first-order valence-electron chi connectivity index (χ1n) is 5.89. The van der Waals surface area contributed by atoms with Crippen LogP contribution in [0.5, 0.6) is 0 Å². The molecule has 0 bridgehead atoms. The Morgan fingerprint density at radius 3 is 2.62 bits per heavy atom. The van der Waals surface area contributed by atoms with E-state index in [0.717, 1.165) is 18.5 Å². The molecule has 1 aromatic rings. The van der Waals surface area contributed by atoms with Crippen LogP contribution in [0.3, 0.4) is 0 Å². The monoisotopic (exact) mass is 221 g/mol. The number of aliphatic hydroxyl groups is 2. The van der Waals surface area contributed by atoms with Gasteiger partial charge in [-0.3, -0.25) is 0 Å². The smallest absolute Gasteiger partial charge is 0.0733 e. The first-order chi connectivity index (χ1) is 7.81. The zero-order chi connectivity index (χ0) is 11.4. The molecule has 3 heteroatoms. The molecule has 0 amide bonds. The number of piperidine rings is 1. The minimum absolute atomic E-state index is 0.190. The largest absolute Gasteiger partial charge is 0.396 e. The maximum Gasteiger partial charge on any atom is 0.0733 e. The molecular weight excluding hydrogens is 202 g/mol. The van der Waals surface area contributed by atoms with Crippen molar-refractivity contribution >= 4 is 0 Å². The quantitative estimate of drug-likeness (QED) is 0.703. The zero-order valence-corrected chi connectivity index (χ0v) is 9.39. The van der Waals surface area contributed by atoms with Crippen molar-refractivity contribution in [2.24, 2.45) is 0 Å². The van der Waals surface area contributed by atoms with Crippen LogP contribution >= 0.6 is 0 Å². The van der Waals surface area contributed by atoms with Gasteiger partial charge in [0.2, 0.25) is 0 Å². The van der Waals surface area contributed by atoms with Crippen LogP contribution in [-0.2, 0) is 6.42 Å². The Bertz CT molecular complexity index is 323. The predicted octanol–water partition coefficient (Wildman–Crippen LogP) is 0.659. The Morgan fingerprint density at radius 1 is 1.25 bits per heavy atom. The lowest BCUT2D eigenvalue weighted by molar-refractivity contribution is 0.118. The highest BCUT2D eigenvalue weighted by Crippen LogP contribution is 2.25. The van der Waals surface area contributed by atoms with Crippen LogP contribution in [-0.4, -0.2) is 36.0 Å². The Morgan fingerprint density at radius 2 is 2.00 bits per heavy atom. The van der Waals surface area contributed by atoms with E-state index in [2.05, 4.69) is 17.4 Å². The van der Waals surface area contributed by atoms with E-state index in [1.54, 1.807) is 0 Å². The highest BCUT2D eigenvalue weighted by atomic mass is 16.3. The predicted molar refractivity (Wildman–Crippen MR) is 63.5 cm³/mol. The fourth-order valence-electron chi connectivity index (χ4n) is 2.29. The molecule has 2 rings (SSSR count). The third-order valence-corrected chi connectivity index (χ3v) is 3.26. The zero-order valence-electron chi connectivity index (χ0n) is 9.39. The van der Waals surface area contributed by atoms with E-state index < -0.39 is 0 Å². The normalized spacial score (nSPS) is 25.6. The summed E-state index contributed by atoms with van der Waals surface area (Å²) in [7, 11) is 0. The second kappa shape index (κ2) is 5.43. The maximum atomic E-state index is 9.89. The number of aliphatic hydroxyl groups excluding tert-OH is 2. The van der Waals surface area contributed by atoms with Gasteiger partial charge in [0.25, 0.3) is 0 Å². The Hall–Kier alpha value is -0.900. The van der Waals surface area contributed by atoms with E-state index >= 15 is 0 Å². The summed E-state index contributed by atoms with van der Waals surface area (Å²) in [5.74, 6) is 0.254. The van der Waals surface area contributed by atoms with Crippen LogP contribution in [0.4, 0.5) is 0 Å². The standard InChI is InChI=1S/C13H19NO2/c15-8-6-10-1-3-11(4-2-10)12-5-7-14-9-13(12)16/h1-4,12-16H,5-9H2. The van der Waals surface area contributed by atoms with Gasteiger partial charge in [-0.25, -0.2) is 0 Å². The van der Waals surface area contributed by atoms with Crippen molar-refractivity contribution in [3.8, 4) is 0 Å². The number of hydrogen-bond acceptors (Lipinski definition) is 3. The molecule has 2 unspecified atom stereocenters. The van der Waals surface area contributed by atoms with Gasteiger partial charge < -0.3 is 15.5 Å². The number of rotatable bonds is 3. The molecule has 3 N–H and O–H groups in total. The van der Waals surface area contributed by atoms with Crippen LogP contribution in [0.25, 0.3) is 0 Å². The van der Waals surface area contributed by atoms with E-state index in [1.165, 1.54) is 5.56 Å². The topological polar surface area (TPSA) is 52.5 Å². The molecule has 0 saturated carbocycles. The van der Waals surface area contributed by atoms with Crippen LogP contribution in [0.2, 0.25) is 0 Å². The van der Waals surface area contributed by atoms with Gasteiger partial charge in [-0.05, 0) is 30.5 Å². The van der Waals surface area contributed by atoms with Crippen molar-refractivity contribution in [2.75, 3.05) is 19.7 Å². The van der Waals surface area contributed by atoms with Crippen molar-refractivity contribution < 1.29 is 10.2 Å². The minimum Gasteiger partial charge on any atom is -0.396 e. The number of benzene rings is 1. The number of β-amino-alcohol motifs (C(OH)–C–C–N with tert-alkyl or cyclic N) is 1. The SMILES string of the molecule is OCCc1ccc(C2CCNCC2O)cc1. The molecule has 1 aliphatic heterocycles.